The molecule has 3 N–H and O–H groups in total. The summed E-state index contributed by atoms with van der Waals surface area (Å²) in [5.74, 6) is 0.786. The third-order valence-corrected chi connectivity index (χ3v) is 3.30. The van der Waals surface area contributed by atoms with Crippen LogP contribution < -0.4 is 11.1 Å². The van der Waals surface area contributed by atoms with E-state index in [9.17, 15) is 4.79 Å². The average Bonchev–Trinajstić information content (AvgIpc) is 2.02. The summed E-state index contributed by atoms with van der Waals surface area (Å²) in [4.78, 5) is 10.7. The Labute approximate surface area is 86.4 Å². The van der Waals surface area contributed by atoms with Gasteiger partial charge in [-0.2, -0.15) is 0 Å². The molecule has 14 heavy (non-hydrogen) atoms. The maximum Gasteiger partial charge on any atom is 0.312 e. The van der Waals surface area contributed by atoms with E-state index < -0.39 is 0 Å². The van der Waals surface area contributed by atoms with Crippen molar-refractivity contribution in [2.45, 2.75) is 52.5 Å². The van der Waals surface area contributed by atoms with Gasteiger partial charge >= 0.3 is 6.03 Å². The number of urea groups is 1. The number of nitrogens with one attached hydrogen (secondary N) is 1. The van der Waals surface area contributed by atoms with E-state index in [2.05, 4.69) is 26.1 Å². The highest BCUT2D eigenvalue weighted by molar-refractivity contribution is 5.71. The Kier molecular flexibility index (Phi) is 3.40. The molecule has 1 saturated carbocycles. The van der Waals surface area contributed by atoms with Crippen LogP contribution in [0, 0.1) is 11.3 Å². The molecule has 82 valence electrons. The van der Waals surface area contributed by atoms with E-state index in [1.54, 1.807) is 0 Å². The number of hydrogen-bond donors (Lipinski definition) is 2. The van der Waals surface area contributed by atoms with Gasteiger partial charge in [0.05, 0.1) is 0 Å². The van der Waals surface area contributed by atoms with Gasteiger partial charge in [-0.05, 0) is 37.0 Å². The molecular weight excluding hydrogens is 176 g/mol. The van der Waals surface area contributed by atoms with Gasteiger partial charge in [-0.3, -0.25) is 0 Å². The predicted molar refractivity (Wildman–Crippen MR) is 57.9 cm³/mol. The zero-order valence-corrected chi connectivity index (χ0v) is 9.47. The molecule has 1 aliphatic rings. The van der Waals surface area contributed by atoms with Gasteiger partial charge in [0.2, 0.25) is 0 Å². The van der Waals surface area contributed by atoms with Crippen LogP contribution in [0.5, 0.6) is 0 Å². The van der Waals surface area contributed by atoms with Crippen LogP contribution in [0.25, 0.3) is 0 Å². The molecule has 0 spiro atoms. The summed E-state index contributed by atoms with van der Waals surface area (Å²) < 4.78 is 0. The summed E-state index contributed by atoms with van der Waals surface area (Å²) in [6.45, 7) is 6.87. The first-order chi connectivity index (χ1) is 6.39. The minimum Gasteiger partial charge on any atom is -0.352 e. The lowest BCUT2D eigenvalue weighted by Crippen LogP contribution is -2.42. The first kappa shape index (κ1) is 11.3. The standard InChI is InChI=1S/C11H22N2O/c1-11(2,3)8-4-6-9(7-5-8)13-10(12)14/h8-9H,4-7H2,1-3H3,(H3,12,13,14). The molecule has 1 rings (SSSR count). The zero-order chi connectivity index (χ0) is 10.8. The first-order valence-electron chi connectivity index (χ1n) is 5.45. The van der Waals surface area contributed by atoms with Gasteiger partial charge < -0.3 is 11.1 Å². The Morgan fingerprint density at radius 3 is 2.07 bits per heavy atom. The quantitative estimate of drug-likeness (QED) is 0.667. The summed E-state index contributed by atoms with van der Waals surface area (Å²) in [6.07, 6.45) is 4.55. The lowest BCUT2D eigenvalue weighted by atomic mass is 9.71. The number of rotatable bonds is 1. The zero-order valence-electron chi connectivity index (χ0n) is 9.47. The van der Waals surface area contributed by atoms with Gasteiger partial charge in [0.15, 0.2) is 0 Å². The largest absolute Gasteiger partial charge is 0.352 e. The molecule has 3 nitrogen and oxygen atoms in total. The van der Waals surface area contributed by atoms with Crippen LogP contribution in [0.4, 0.5) is 4.79 Å². The van der Waals surface area contributed by atoms with Crippen molar-refractivity contribution in [3.05, 3.63) is 0 Å². The van der Waals surface area contributed by atoms with Crippen molar-refractivity contribution in [1.82, 2.24) is 5.32 Å². The fourth-order valence-corrected chi connectivity index (χ4v) is 2.30. The van der Waals surface area contributed by atoms with E-state index in [1.165, 1.54) is 12.8 Å². The van der Waals surface area contributed by atoms with Crippen LogP contribution in [0.3, 0.4) is 0 Å². The summed E-state index contributed by atoms with van der Waals surface area (Å²) in [6, 6.07) is -0.0738. The Morgan fingerprint density at radius 1 is 1.21 bits per heavy atom. The normalized spacial score (nSPS) is 28.5. The van der Waals surface area contributed by atoms with Crippen LogP contribution in [0.1, 0.15) is 46.5 Å². The van der Waals surface area contributed by atoms with Crippen molar-refractivity contribution in [1.29, 1.82) is 0 Å². The molecule has 0 saturated heterocycles. The number of primary amides is 1. The topological polar surface area (TPSA) is 55.1 Å². The van der Waals surface area contributed by atoms with Crippen molar-refractivity contribution in [3.8, 4) is 0 Å². The predicted octanol–water partition coefficient (Wildman–Crippen LogP) is 2.26. The van der Waals surface area contributed by atoms with Gasteiger partial charge in [0.25, 0.3) is 0 Å². The molecule has 0 heterocycles. The average molecular weight is 198 g/mol. The van der Waals surface area contributed by atoms with Crippen molar-refractivity contribution in [2.24, 2.45) is 17.1 Å². The lowest BCUT2D eigenvalue weighted by molar-refractivity contribution is 0.161. The van der Waals surface area contributed by atoms with Crippen molar-refractivity contribution in [3.63, 3.8) is 0 Å². The van der Waals surface area contributed by atoms with E-state index in [1.807, 2.05) is 0 Å². The molecule has 0 bridgehead atoms. The Balaban J connectivity index is 2.35. The summed E-state index contributed by atoms with van der Waals surface area (Å²) in [7, 11) is 0. The molecule has 0 unspecified atom stereocenters. The molecule has 0 atom stereocenters. The van der Waals surface area contributed by atoms with Crippen LogP contribution in [0.2, 0.25) is 0 Å². The lowest BCUT2D eigenvalue weighted by Gasteiger charge is -2.36. The number of carbonyl (C=O) groups is 1. The van der Waals surface area contributed by atoms with Gasteiger partial charge in [-0.25, -0.2) is 4.79 Å². The highest BCUT2D eigenvalue weighted by Crippen LogP contribution is 2.37. The minimum absolute atomic E-state index is 0.311. The maximum atomic E-state index is 10.7. The molecule has 0 aromatic carbocycles. The third kappa shape index (κ3) is 3.20. The van der Waals surface area contributed by atoms with E-state index in [4.69, 9.17) is 5.73 Å². The summed E-state index contributed by atoms with van der Waals surface area (Å²) >= 11 is 0. The van der Waals surface area contributed by atoms with Crippen molar-refractivity contribution < 1.29 is 4.79 Å². The fraction of sp³-hybridized carbons (Fsp3) is 0.909. The van der Waals surface area contributed by atoms with Crippen molar-refractivity contribution >= 4 is 6.03 Å². The maximum absolute atomic E-state index is 10.7. The second-order valence-electron chi connectivity index (χ2n) is 5.42. The fourth-order valence-electron chi connectivity index (χ4n) is 2.30. The highest BCUT2D eigenvalue weighted by atomic mass is 16.2. The van der Waals surface area contributed by atoms with Crippen LogP contribution in [-0.4, -0.2) is 12.1 Å². The van der Waals surface area contributed by atoms with Crippen molar-refractivity contribution in [2.75, 3.05) is 0 Å². The Bertz CT molecular complexity index is 200. The number of carbonyl (C=O) groups excluding carboxylic acids is 1. The second-order valence-corrected chi connectivity index (χ2v) is 5.42. The minimum atomic E-state index is -0.385. The Hall–Kier alpha value is -0.730. The van der Waals surface area contributed by atoms with E-state index in [-0.39, 0.29) is 6.03 Å². The third-order valence-electron chi connectivity index (χ3n) is 3.30. The number of nitrogens with two attached hydrogens (primary N) is 1. The van der Waals surface area contributed by atoms with Crippen LogP contribution in [0.15, 0.2) is 0 Å². The van der Waals surface area contributed by atoms with E-state index >= 15 is 0 Å². The summed E-state index contributed by atoms with van der Waals surface area (Å²) in [5, 5.41) is 2.79. The molecule has 3 heteroatoms. The van der Waals surface area contributed by atoms with Crippen LogP contribution in [-0.2, 0) is 0 Å². The Morgan fingerprint density at radius 2 is 1.71 bits per heavy atom. The molecule has 1 fully saturated rings. The SMILES string of the molecule is CC(C)(C)C1CCC(NC(N)=O)CC1. The van der Waals surface area contributed by atoms with Gasteiger partial charge in [0, 0.05) is 6.04 Å². The molecular formula is C11H22N2O. The molecule has 2 amide bonds. The molecule has 1 aliphatic carbocycles. The summed E-state index contributed by atoms with van der Waals surface area (Å²) in [5.41, 5.74) is 5.49. The number of hydrogen-bond acceptors (Lipinski definition) is 1. The first-order valence-corrected chi connectivity index (χ1v) is 5.45. The van der Waals surface area contributed by atoms with E-state index in [0.717, 1.165) is 18.8 Å². The van der Waals surface area contributed by atoms with Gasteiger partial charge in [-0.15, -0.1) is 0 Å². The molecule has 0 aromatic rings. The molecule has 0 aliphatic heterocycles. The smallest absolute Gasteiger partial charge is 0.312 e. The van der Waals surface area contributed by atoms with E-state index in [0.29, 0.717) is 11.5 Å². The van der Waals surface area contributed by atoms with Gasteiger partial charge in [0.1, 0.15) is 0 Å². The van der Waals surface area contributed by atoms with Crippen LogP contribution >= 0.6 is 0 Å². The second kappa shape index (κ2) is 4.20. The molecule has 0 radical (unpaired) electrons. The number of amides is 2. The highest BCUT2D eigenvalue weighted by Gasteiger charge is 2.29. The molecule has 0 aromatic heterocycles. The monoisotopic (exact) mass is 198 g/mol. The van der Waals surface area contributed by atoms with Gasteiger partial charge in [-0.1, -0.05) is 20.8 Å².